The number of ether oxygens (including phenoxy) is 1. The van der Waals surface area contributed by atoms with E-state index in [4.69, 9.17) is 4.74 Å². The van der Waals surface area contributed by atoms with Crippen LogP contribution in [0.1, 0.15) is 16.8 Å². The van der Waals surface area contributed by atoms with E-state index in [9.17, 15) is 13.2 Å². The summed E-state index contributed by atoms with van der Waals surface area (Å²) in [6.07, 6.45) is -4.36. The van der Waals surface area contributed by atoms with Crippen molar-refractivity contribution in [2.75, 3.05) is 0 Å². The maximum Gasteiger partial charge on any atom is 0.416 e. The molecule has 4 rings (SSSR count). The van der Waals surface area contributed by atoms with E-state index in [0.29, 0.717) is 17.9 Å². The van der Waals surface area contributed by atoms with Crippen molar-refractivity contribution in [1.82, 2.24) is 15.0 Å². The second-order valence-electron chi connectivity index (χ2n) is 5.49. The Morgan fingerprint density at radius 1 is 0.958 bits per heavy atom. The molecular formula is C17H12F3N3O. The first-order valence-corrected chi connectivity index (χ1v) is 7.32. The fourth-order valence-electron chi connectivity index (χ4n) is 2.76. The van der Waals surface area contributed by atoms with Gasteiger partial charge in [-0.15, -0.1) is 5.10 Å². The molecule has 3 aromatic rings. The lowest BCUT2D eigenvalue weighted by atomic mass is 10.1. The molecule has 0 saturated carbocycles. The minimum absolute atomic E-state index is 0.290. The van der Waals surface area contributed by atoms with Gasteiger partial charge in [0.25, 0.3) is 0 Å². The second kappa shape index (κ2) is 5.45. The molecule has 0 N–H and O–H groups in total. The Labute approximate surface area is 135 Å². The van der Waals surface area contributed by atoms with Crippen molar-refractivity contribution >= 4 is 0 Å². The third-order valence-corrected chi connectivity index (χ3v) is 3.96. The van der Waals surface area contributed by atoms with E-state index < -0.39 is 11.7 Å². The van der Waals surface area contributed by atoms with Gasteiger partial charge < -0.3 is 4.74 Å². The van der Waals surface area contributed by atoms with E-state index >= 15 is 0 Å². The Balaban J connectivity index is 1.79. The molecule has 2 heterocycles. The zero-order valence-corrected chi connectivity index (χ0v) is 12.4. The number of para-hydroxylation sites is 1. The molecule has 4 nitrogen and oxygen atoms in total. The summed E-state index contributed by atoms with van der Waals surface area (Å²) in [5, 5.41) is 8.32. The highest BCUT2D eigenvalue weighted by atomic mass is 19.4. The number of hydrogen-bond donors (Lipinski definition) is 0. The van der Waals surface area contributed by atoms with Crippen molar-refractivity contribution in [3.05, 3.63) is 65.4 Å². The first-order valence-electron chi connectivity index (χ1n) is 7.32. The fraction of sp³-hybridized carbons (Fsp3) is 0.176. The van der Waals surface area contributed by atoms with E-state index in [-0.39, 0.29) is 6.61 Å². The van der Waals surface area contributed by atoms with Crippen LogP contribution in [0.15, 0.2) is 48.5 Å². The van der Waals surface area contributed by atoms with Crippen LogP contribution in [0.3, 0.4) is 0 Å². The standard InChI is InChI=1S/C17H12F3N3O/c18-17(19,20)13-7-5-11(6-8-13)16-15-10-24-9-12-3-1-2-4-14(12)23(15)22-21-16/h1-8H,9-10H2. The van der Waals surface area contributed by atoms with Crippen LogP contribution < -0.4 is 0 Å². The van der Waals surface area contributed by atoms with E-state index in [0.717, 1.165) is 29.1 Å². The molecule has 7 heteroatoms. The second-order valence-corrected chi connectivity index (χ2v) is 5.49. The molecule has 1 aliphatic rings. The smallest absolute Gasteiger partial charge is 0.370 e. The van der Waals surface area contributed by atoms with E-state index in [1.807, 2.05) is 24.3 Å². The fourth-order valence-corrected chi connectivity index (χ4v) is 2.76. The van der Waals surface area contributed by atoms with E-state index in [2.05, 4.69) is 10.3 Å². The van der Waals surface area contributed by atoms with Gasteiger partial charge in [0, 0.05) is 11.1 Å². The summed E-state index contributed by atoms with van der Waals surface area (Å²) in [6.45, 7) is 0.740. The van der Waals surface area contributed by atoms with Crippen molar-refractivity contribution in [2.24, 2.45) is 0 Å². The van der Waals surface area contributed by atoms with Crippen LogP contribution in [-0.4, -0.2) is 15.0 Å². The van der Waals surface area contributed by atoms with Gasteiger partial charge in [-0.25, -0.2) is 4.68 Å². The molecule has 1 aliphatic heterocycles. The molecule has 24 heavy (non-hydrogen) atoms. The summed E-state index contributed by atoms with van der Waals surface area (Å²) >= 11 is 0. The molecule has 0 fully saturated rings. The summed E-state index contributed by atoms with van der Waals surface area (Å²) in [6, 6.07) is 12.6. The molecule has 0 saturated heterocycles. The summed E-state index contributed by atoms with van der Waals surface area (Å²) in [5.74, 6) is 0. The normalized spacial score (nSPS) is 14.0. The molecule has 0 aliphatic carbocycles. The highest BCUT2D eigenvalue weighted by molar-refractivity contribution is 5.63. The quantitative estimate of drug-likeness (QED) is 0.677. The van der Waals surface area contributed by atoms with Crippen molar-refractivity contribution in [3.8, 4) is 16.9 Å². The van der Waals surface area contributed by atoms with Gasteiger partial charge in [0.05, 0.1) is 30.2 Å². The molecule has 0 amide bonds. The maximum atomic E-state index is 12.7. The summed E-state index contributed by atoms with van der Waals surface area (Å²) in [7, 11) is 0. The van der Waals surface area contributed by atoms with Gasteiger partial charge in [-0.1, -0.05) is 35.5 Å². The van der Waals surface area contributed by atoms with Gasteiger partial charge in [0.1, 0.15) is 5.69 Å². The van der Waals surface area contributed by atoms with Crippen molar-refractivity contribution in [3.63, 3.8) is 0 Å². The minimum Gasteiger partial charge on any atom is -0.370 e. The molecule has 0 spiro atoms. The Morgan fingerprint density at radius 2 is 1.71 bits per heavy atom. The lowest BCUT2D eigenvalue weighted by Gasteiger charge is -2.08. The van der Waals surface area contributed by atoms with Gasteiger partial charge in [-0.3, -0.25) is 0 Å². The SMILES string of the molecule is FC(F)(F)c1ccc(-c2nnn3c2COCc2ccccc2-3)cc1. The molecular weight excluding hydrogens is 319 g/mol. The van der Waals surface area contributed by atoms with Gasteiger partial charge in [0.2, 0.25) is 0 Å². The number of hydrogen-bond acceptors (Lipinski definition) is 3. The number of rotatable bonds is 1. The van der Waals surface area contributed by atoms with Gasteiger partial charge in [-0.05, 0) is 18.2 Å². The number of fused-ring (bicyclic) bond motifs is 3. The Kier molecular flexibility index (Phi) is 3.38. The van der Waals surface area contributed by atoms with Crippen molar-refractivity contribution in [2.45, 2.75) is 19.4 Å². The van der Waals surface area contributed by atoms with E-state index in [1.165, 1.54) is 12.1 Å². The third kappa shape index (κ3) is 2.46. The lowest BCUT2D eigenvalue weighted by Crippen LogP contribution is -2.04. The van der Waals surface area contributed by atoms with Crippen LogP contribution in [0, 0.1) is 0 Å². The van der Waals surface area contributed by atoms with Crippen LogP contribution in [-0.2, 0) is 24.1 Å². The maximum absolute atomic E-state index is 12.7. The number of aromatic nitrogens is 3. The first-order chi connectivity index (χ1) is 11.5. The Bertz CT molecular complexity index is 885. The van der Waals surface area contributed by atoms with E-state index in [1.54, 1.807) is 4.68 Å². The minimum atomic E-state index is -4.36. The zero-order valence-electron chi connectivity index (χ0n) is 12.4. The molecule has 0 unspecified atom stereocenters. The molecule has 0 radical (unpaired) electrons. The predicted octanol–water partition coefficient (Wildman–Crippen LogP) is 3.98. The highest BCUT2D eigenvalue weighted by Gasteiger charge is 2.30. The number of nitrogens with zero attached hydrogens (tertiary/aromatic N) is 3. The van der Waals surface area contributed by atoms with Crippen LogP contribution in [0.25, 0.3) is 16.9 Å². The largest absolute Gasteiger partial charge is 0.416 e. The number of halogens is 3. The summed E-state index contributed by atoms with van der Waals surface area (Å²) < 4.78 is 45.5. The van der Waals surface area contributed by atoms with Gasteiger partial charge in [0.15, 0.2) is 0 Å². The Hall–Kier alpha value is -2.67. The van der Waals surface area contributed by atoms with Crippen LogP contribution >= 0.6 is 0 Å². The van der Waals surface area contributed by atoms with Gasteiger partial charge >= 0.3 is 6.18 Å². The average Bonchev–Trinajstić information content (AvgIpc) is 2.90. The molecule has 0 atom stereocenters. The molecule has 2 aromatic carbocycles. The average molecular weight is 331 g/mol. The van der Waals surface area contributed by atoms with Crippen molar-refractivity contribution in [1.29, 1.82) is 0 Å². The van der Waals surface area contributed by atoms with Crippen LogP contribution in [0.2, 0.25) is 0 Å². The van der Waals surface area contributed by atoms with Crippen LogP contribution in [0.4, 0.5) is 13.2 Å². The first kappa shape index (κ1) is 14.9. The van der Waals surface area contributed by atoms with Crippen molar-refractivity contribution < 1.29 is 17.9 Å². The number of alkyl halides is 3. The highest BCUT2D eigenvalue weighted by Crippen LogP contribution is 2.32. The zero-order chi connectivity index (χ0) is 16.7. The Morgan fingerprint density at radius 3 is 2.46 bits per heavy atom. The number of benzene rings is 2. The third-order valence-electron chi connectivity index (χ3n) is 3.96. The molecule has 1 aromatic heterocycles. The predicted molar refractivity (Wildman–Crippen MR) is 80.3 cm³/mol. The molecule has 0 bridgehead atoms. The van der Waals surface area contributed by atoms with Crippen LogP contribution in [0.5, 0.6) is 0 Å². The summed E-state index contributed by atoms with van der Waals surface area (Å²) in [5.41, 5.74) is 2.99. The summed E-state index contributed by atoms with van der Waals surface area (Å²) in [4.78, 5) is 0. The topological polar surface area (TPSA) is 39.9 Å². The van der Waals surface area contributed by atoms with Gasteiger partial charge in [-0.2, -0.15) is 13.2 Å². The lowest BCUT2D eigenvalue weighted by molar-refractivity contribution is -0.137. The monoisotopic (exact) mass is 331 g/mol. The molecule has 122 valence electrons.